The Morgan fingerprint density at radius 1 is 0.926 bits per heavy atom. The molecule has 0 heterocycles. The molecule has 1 aromatic rings. The second-order valence-electron chi connectivity index (χ2n) is 9.28. The average molecular weight is 371 g/mol. The average Bonchev–Trinajstić information content (AvgIpc) is 2.53. The van der Waals surface area contributed by atoms with Crippen molar-refractivity contribution in [2.45, 2.75) is 54.0 Å². The van der Waals surface area contributed by atoms with Crippen LogP contribution in [0.4, 0.5) is 11.4 Å². The fraction of sp³-hybridized carbons (Fsp3) is 0.476. The summed E-state index contributed by atoms with van der Waals surface area (Å²) in [7, 11) is 0. The van der Waals surface area contributed by atoms with Crippen molar-refractivity contribution in [3.63, 3.8) is 0 Å². The number of nitro groups is 1. The van der Waals surface area contributed by atoms with Crippen LogP contribution in [0.1, 0.15) is 48.5 Å². The van der Waals surface area contributed by atoms with Crippen molar-refractivity contribution in [2.24, 2.45) is 10.8 Å². The molecule has 0 saturated heterocycles. The minimum Gasteiger partial charge on any atom is -0.320 e. The van der Waals surface area contributed by atoms with Crippen LogP contribution < -0.4 is 10.9 Å². The molecule has 2 N–H and O–H groups in total. The van der Waals surface area contributed by atoms with Crippen molar-refractivity contribution in [3.8, 4) is 0 Å². The van der Waals surface area contributed by atoms with Crippen LogP contribution in [0.25, 0.3) is 0 Å². The van der Waals surface area contributed by atoms with Crippen LogP contribution in [0.5, 0.6) is 0 Å². The van der Waals surface area contributed by atoms with Gasteiger partial charge in [-0.2, -0.15) is 0 Å². The Bertz CT molecular complexity index is 773. The lowest BCUT2D eigenvalue weighted by Gasteiger charge is -2.38. The van der Waals surface area contributed by atoms with Gasteiger partial charge in [-0.3, -0.25) is 14.9 Å². The second kappa shape index (κ2) is 6.93. The molecule has 0 atom stereocenters. The number of hydrogen-bond acceptors (Lipinski definition) is 5. The van der Waals surface area contributed by atoms with Crippen molar-refractivity contribution in [1.29, 1.82) is 0 Å². The lowest BCUT2D eigenvalue weighted by Crippen LogP contribution is -2.47. The molecule has 0 radical (unpaired) electrons. The third-order valence-electron chi connectivity index (χ3n) is 4.55. The van der Waals surface area contributed by atoms with Crippen LogP contribution in [-0.2, 0) is 4.79 Å². The number of anilines is 1. The highest BCUT2D eigenvalue weighted by Crippen LogP contribution is 2.40. The Morgan fingerprint density at radius 3 is 1.74 bits per heavy atom. The van der Waals surface area contributed by atoms with Crippen LogP contribution in [-0.4, -0.2) is 16.2 Å². The lowest BCUT2D eigenvalue weighted by atomic mass is 9.69. The monoisotopic (exact) mass is 371 g/mol. The highest BCUT2D eigenvalue weighted by Gasteiger charge is 2.38. The van der Waals surface area contributed by atoms with Crippen molar-refractivity contribution < 1.29 is 9.72 Å². The highest BCUT2D eigenvalue weighted by atomic mass is 16.6. The zero-order chi connectivity index (χ0) is 20.6. The van der Waals surface area contributed by atoms with Gasteiger partial charge in [-0.05, 0) is 29.9 Å². The number of ketones is 1. The minimum absolute atomic E-state index is 0.0415. The van der Waals surface area contributed by atoms with Crippen molar-refractivity contribution >= 4 is 17.2 Å². The van der Waals surface area contributed by atoms with Gasteiger partial charge in [0.1, 0.15) is 0 Å². The second-order valence-corrected chi connectivity index (χ2v) is 9.28. The van der Waals surface area contributed by atoms with E-state index in [0.29, 0.717) is 5.69 Å². The number of rotatable bonds is 4. The molecule has 0 fully saturated rings. The molecule has 0 aromatic heterocycles. The highest BCUT2D eigenvalue weighted by molar-refractivity contribution is 6.11. The van der Waals surface area contributed by atoms with Crippen molar-refractivity contribution in [2.75, 3.05) is 5.43 Å². The van der Waals surface area contributed by atoms with E-state index in [1.807, 2.05) is 60.6 Å². The zero-order valence-electron chi connectivity index (χ0n) is 17.1. The molecule has 0 unspecified atom stereocenters. The molecule has 2 rings (SSSR count). The number of non-ortho nitro benzene ring substituents is 1. The molecule has 0 aliphatic heterocycles. The third kappa shape index (κ3) is 4.83. The van der Waals surface area contributed by atoms with E-state index in [2.05, 4.69) is 10.9 Å². The van der Waals surface area contributed by atoms with Crippen LogP contribution in [0.15, 0.2) is 47.6 Å². The number of nitro benzene ring substituents is 1. The number of carbonyl (C=O) groups excluding carboxylic acids is 1. The first-order valence-electron chi connectivity index (χ1n) is 9.02. The van der Waals surface area contributed by atoms with E-state index in [-0.39, 0.29) is 22.3 Å². The number of Topliss-reactive ketones (excluding diaryl/α,β-unsaturated/α-hetero) is 1. The van der Waals surface area contributed by atoms with E-state index in [1.165, 1.54) is 12.1 Å². The molecule has 0 spiro atoms. The summed E-state index contributed by atoms with van der Waals surface area (Å²) < 4.78 is 0. The maximum atomic E-state index is 13.0. The minimum atomic E-state index is -0.582. The molecular formula is C21H29N3O3. The van der Waals surface area contributed by atoms with Gasteiger partial charge < -0.3 is 5.43 Å². The topological polar surface area (TPSA) is 84.3 Å². The van der Waals surface area contributed by atoms with E-state index in [4.69, 9.17) is 0 Å². The molecular weight excluding hydrogens is 342 g/mol. The number of nitrogens with one attached hydrogen (secondary N) is 2. The fourth-order valence-electron chi connectivity index (χ4n) is 2.98. The summed E-state index contributed by atoms with van der Waals surface area (Å²) in [5.41, 5.74) is 7.52. The van der Waals surface area contributed by atoms with Crippen molar-refractivity contribution in [3.05, 3.63) is 57.7 Å². The molecule has 1 aliphatic rings. The summed E-state index contributed by atoms with van der Waals surface area (Å²) in [5.74, 6) is 0.0876. The van der Waals surface area contributed by atoms with Gasteiger partial charge in [0.25, 0.3) is 5.69 Å². The summed E-state index contributed by atoms with van der Waals surface area (Å²) in [4.78, 5) is 23.4. The van der Waals surface area contributed by atoms with Gasteiger partial charge in [0.05, 0.1) is 10.5 Å². The van der Waals surface area contributed by atoms with Crippen LogP contribution in [0.3, 0.4) is 0 Å². The standard InChI is InChI=1S/C21H29N3O3/c1-19(2,3)16-12-21(7,13-17(18(16)25)20(4,5)6)23-22-14-8-10-15(11-9-14)24(26)27/h8-13,22-23H,1-7H3. The predicted octanol–water partition coefficient (Wildman–Crippen LogP) is 4.80. The molecule has 1 aromatic carbocycles. The Morgan fingerprint density at radius 2 is 1.37 bits per heavy atom. The van der Waals surface area contributed by atoms with Crippen LogP contribution in [0.2, 0.25) is 0 Å². The predicted molar refractivity (Wildman–Crippen MR) is 108 cm³/mol. The normalized spacial score (nSPS) is 17.2. The van der Waals surface area contributed by atoms with Gasteiger partial charge in [-0.1, -0.05) is 53.7 Å². The first-order chi connectivity index (χ1) is 12.2. The van der Waals surface area contributed by atoms with Gasteiger partial charge in [-0.25, -0.2) is 5.43 Å². The molecule has 27 heavy (non-hydrogen) atoms. The smallest absolute Gasteiger partial charge is 0.269 e. The van der Waals surface area contributed by atoms with E-state index in [1.54, 1.807) is 12.1 Å². The Kier molecular flexibility index (Phi) is 5.34. The largest absolute Gasteiger partial charge is 0.320 e. The zero-order valence-corrected chi connectivity index (χ0v) is 17.1. The van der Waals surface area contributed by atoms with Gasteiger partial charge in [0.2, 0.25) is 0 Å². The van der Waals surface area contributed by atoms with E-state index in [9.17, 15) is 14.9 Å². The molecule has 6 nitrogen and oxygen atoms in total. The number of benzene rings is 1. The SMILES string of the molecule is CC1(NNc2ccc([N+](=O)[O-])cc2)C=C(C(C)(C)C)C(=O)C(C(C)(C)C)=C1. The molecule has 146 valence electrons. The fourth-order valence-corrected chi connectivity index (χ4v) is 2.98. The van der Waals surface area contributed by atoms with Crippen LogP contribution in [0, 0.1) is 20.9 Å². The number of hydrogen-bond donors (Lipinski definition) is 2. The first-order valence-corrected chi connectivity index (χ1v) is 9.02. The van der Waals surface area contributed by atoms with E-state index >= 15 is 0 Å². The Hall–Kier alpha value is -2.47. The summed E-state index contributed by atoms with van der Waals surface area (Å²) in [5, 5.41) is 10.8. The summed E-state index contributed by atoms with van der Waals surface area (Å²) in [6.07, 6.45) is 3.92. The number of hydrazine groups is 1. The van der Waals surface area contributed by atoms with Gasteiger partial charge in [0.15, 0.2) is 5.78 Å². The summed E-state index contributed by atoms with van der Waals surface area (Å²) >= 11 is 0. The maximum Gasteiger partial charge on any atom is 0.269 e. The summed E-state index contributed by atoms with van der Waals surface area (Å²) in [6, 6.07) is 6.18. The van der Waals surface area contributed by atoms with E-state index < -0.39 is 10.5 Å². The van der Waals surface area contributed by atoms with E-state index in [0.717, 1.165) is 11.1 Å². The quantitative estimate of drug-likeness (QED) is 0.587. The molecule has 0 amide bonds. The maximum absolute atomic E-state index is 13.0. The number of carbonyl (C=O) groups is 1. The van der Waals surface area contributed by atoms with Gasteiger partial charge >= 0.3 is 0 Å². The Labute approximate surface area is 160 Å². The van der Waals surface area contributed by atoms with Crippen molar-refractivity contribution in [1.82, 2.24) is 5.43 Å². The molecule has 0 saturated carbocycles. The van der Waals surface area contributed by atoms with Crippen LogP contribution >= 0.6 is 0 Å². The number of nitrogens with zero attached hydrogens (tertiary/aromatic N) is 1. The molecule has 0 bridgehead atoms. The number of allylic oxidation sites excluding steroid dienone is 2. The molecule has 1 aliphatic carbocycles. The first kappa shape index (κ1) is 20.8. The Balaban J connectivity index is 2.33. The summed E-state index contributed by atoms with van der Waals surface area (Å²) in [6.45, 7) is 14.2. The lowest BCUT2D eigenvalue weighted by molar-refractivity contribution is -0.384. The van der Waals surface area contributed by atoms with Gasteiger partial charge in [0, 0.05) is 29.0 Å². The third-order valence-corrected chi connectivity index (χ3v) is 4.55. The molecule has 6 heteroatoms. The van der Waals surface area contributed by atoms with Gasteiger partial charge in [-0.15, -0.1) is 0 Å².